The van der Waals surface area contributed by atoms with Crippen LogP contribution < -0.4 is 15.4 Å². The number of cyclic esters (lactones) is 1. The second-order valence-electron chi connectivity index (χ2n) is 5.14. The summed E-state index contributed by atoms with van der Waals surface area (Å²) in [4.78, 5) is 10.9. The average molecular weight is 341 g/mol. The van der Waals surface area contributed by atoms with Gasteiger partial charge in [0.25, 0.3) is 0 Å². The number of ether oxygens (including phenoxy) is 2. The Morgan fingerprint density at radius 3 is 2.95 bits per heavy atom. The van der Waals surface area contributed by atoms with E-state index in [0.29, 0.717) is 19.2 Å². The zero-order valence-electron chi connectivity index (χ0n) is 11.0. The number of hydrogen-bond donors (Lipinski definition) is 2. The van der Waals surface area contributed by atoms with Crippen LogP contribution in [0.4, 0.5) is 4.79 Å². The predicted molar refractivity (Wildman–Crippen MR) is 77.8 cm³/mol. The van der Waals surface area contributed by atoms with Gasteiger partial charge in [0.15, 0.2) is 6.10 Å². The predicted octanol–water partition coefficient (Wildman–Crippen LogP) is 2.19. The molecule has 1 aromatic rings. The van der Waals surface area contributed by atoms with Crippen molar-refractivity contribution in [2.45, 2.75) is 31.5 Å². The van der Waals surface area contributed by atoms with Crippen LogP contribution in [0, 0.1) is 0 Å². The Hall–Kier alpha value is -1.27. The molecule has 108 valence electrons. The Bertz CT molecular complexity index is 505. The maximum atomic E-state index is 10.9. The summed E-state index contributed by atoms with van der Waals surface area (Å²) in [5, 5.41) is 6.08. The Labute approximate surface area is 126 Å². The number of rotatable bonds is 6. The van der Waals surface area contributed by atoms with E-state index < -0.39 is 0 Å². The van der Waals surface area contributed by atoms with E-state index in [2.05, 4.69) is 32.6 Å². The number of hydrogen-bond acceptors (Lipinski definition) is 4. The van der Waals surface area contributed by atoms with Crippen molar-refractivity contribution < 1.29 is 14.3 Å². The summed E-state index contributed by atoms with van der Waals surface area (Å²) in [6.45, 7) is 1.74. The van der Waals surface area contributed by atoms with Crippen LogP contribution in [-0.2, 0) is 11.3 Å². The zero-order chi connectivity index (χ0) is 13.9. The third kappa shape index (κ3) is 3.64. The van der Waals surface area contributed by atoms with Gasteiger partial charge in [0.1, 0.15) is 12.4 Å². The Morgan fingerprint density at radius 1 is 1.45 bits per heavy atom. The lowest BCUT2D eigenvalue weighted by atomic mass is 10.2. The third-order valence-electron chi connectivity index (χ3n) is 3.34. The normalized spacial score (nSPS) is 21.4. The molecule has 1 atom stereocenters. The number of amides is 1. The van der Waals surface area contributed by atoms with Gasteiger partial charge in [-0.05, 0) is 46.5 Å². The van der Waals surface area contributed by atoms with E-state index in [1.54, 1.807) is 0 Å². The van der Waals surface area contributed by atoms with Crippen molar-refractivity contribution in [3.05, 3.63) is 28.2 Å². The van der Waals surface area contributed by atoms with Crippen LogP contribution in [0.15, 0.2) is 22.7 Å². The summed E-state index contributed by atoms with van der Waals surface area (Å²) in [6, 6.07) is 6.75. The van der Waals surface area contributed by atoms with Gasteiger partial charge >= 0.3 is 6.09 Å². The van der Waals surface area contributed by atoms with Gasteiger partial charge in [0.05, 0.1) is 11.0 Å². The van der Waals surface area contributed by atoms with Crippen LogP contribution in [0.2, 0.25) is 0 Å². The minimum atomic E-state index is -0.376. The molecule has 3 rings (SSSR count). The third-order valence-corrected chi connectivity index (χ3v) is 3.96. The maximum Gasteiger partial charge on any atom is 0.407 e. The molecule has 6 heteroatoms. The summed E-state index contributed by atoms with van der Waals surface area (Å²) >= 11 is 3.52. The van der Waals surface area contributed by atoms with Crippen molar-refractivity contribution in [2.75, 3.05) is 13.2 Å². The van der Waals surface area contributed by atoms with E-state index >= 15 is 0 Å². The number of benzene rings is 1. The highest BCUT2D eigenvalue weighted by Crippen LogP contribution is 2.27. The van der Waals surface area contributed by atoms with Crippen molar-refractivity contribution >= 4 is 22.0 Å². The molecular formula is C14H17BrN2O3. The van der Waals surface area contributed by atoms with Gasteiger partial charge in [-0.1, -0.05) is 6.07 Å². The molecule has 1 amide bonds. The first kappa shape index (κ1) is 13.7. The first-order valence-electron chi connectivity index (χ1n) is 6.80. The second-order valence-corrected chi connectivity index (χ2v) is 5.99. The van der Waals surface area contributed by atoms with E-state index in [0.717, 1.165) is 16.8 Å². The van der Waals surface area contributed by atoms with Crippen LogP contribution in [0.1, 0.15) is 18.4 Å². The first-order chi connectivity index (χ1) is 9.70. The highest BCUT2D eigenvalue weighted by atomic mass is 79.9. The molecule has 2 fully saturated rings. The molecular weight excluding hydrogens is 324 g/mol. The Morgan fingerprint density at radius 2 is 2.30 bits per heavy atom. The smallest absolute Gasteiger partial charge is 0.407 e. The molecule has 1 saturated carbocycles. The lowest BCUT2D eigenvalue weighted by Gasteiger charge is -2.12. The van der Waals surface area contributed by atoms with Crippen LogP contribution >= 0.6 is 15.9 Å². The first-order valence-corrected chi connectivity index (χ1v) is 7.59. The lowest BCUT2D eigenvalue weighted by Crippen LogP contribution is -2.22. The number of halogens is 1. The zero-order valence-corrected chi connectivity index (χ0v) is 12.6. The molecule has 1 saturated heterocycles. The highest BCUT2D eigenvalue weighted by molar-refractivity contribution is 9.10. The monoisotopic (exact) mass is 340 g/mol. The molecule has 20 heavy (non-hydrogen) atoms. The van der Waals surface area contributed by atoms with E-state index in [1.807, 2.05) is 12.1 Å². The number of alkyl carbamates (subject to hydrolysis) is 1. The fourth-order valence-corrected chi connectivity index (χ4v) is 2.57. The van der Waals surface area contributed by atoms with Gasteiger partial charge in [0, 0.05) is 12.6 Å². The molecule has 1 aromatic carbocycles. The van der Waals surface area contributed by atoms with E-state index in [-0.39, 0.29) is 12.2 Å². The van der Waals surface area contributed by atoms with Gasteiger partial charge in [0.2, 0.25) is 0 Å². The van der Waals surface area contributed by atoms with Crippen molar-refractivity contribution in [1.29, 1.82) is 0 Å². The Balaban J connectivity index is 1.51. The average Bonchev–Trinajstić information content (AvgIpc) is 3.17. The highest BCUT2D eigenvalue weighted by Gasteiger charge is 2.23. The standard InChI is InChI=1S/C14H17BrN2O3/c15-12-5-9(6-16-10-2-3-10)1-4-13(12)19-8-11-7-17-14(18)20-11/h1,4-5,10-11,16H,2-3,6-8H2,(H,17,18). The molecule has 2 N–H and O–H groups in total. The molecule has 0 aromatic heterocycles. The minimum Gasteiger partial charge on any atom is -0.488 e. The van der Waals surface area contributed by atoms with Gasteiger partial charge < -0.3 is 20.1 Å². The molecule has 1 aliphatic carbocycles. The van der Waals surface area contributed by atoms with Crippen LogP contribution in [-0.4, -0.2) is 31.4 Å². The van der Waals surface area contributed by atoms with Crippen LogP contribution in [0.25, 0.3) is 0 Å². The molecule has 1 aliphatic heterocycles. The summed E-state index contributed by atoms with van der Waals surface area (Å²) in [6.07, 6.45) is 1.98. The fourth-order valence-electron chi connectivity index (χ4n) is 2.03. The van der Waals surface area contributed by atoms with Crippen molar-refractivity contribution in [3.8, 4) is 5.75 Å². The minimum absolute atomic E-state index is 0.217. The van der Waals surface area contributed by atoms with E-state index in [9.17, 15) is 4.79 Å². The Kier molecular flexibility index (Phi) is 4.12. The van der Waals surface area contributed by atoms with Crippen molar-refractivity contribution in [1.82, 2.24) is 10.6 Å². The van der Waals surface area contributed by atoms with Crippen LogP contribution in [0.5, 0.6) is 5.75 Å². The molecule has 0 bridgehead atoms. The summed E-state index contributed by atoms with van der Waals surface area (Å²) in [5.41, 5.74) is 1.23. The fraction of sp³-hybridized carbons (Fsp3) is 0.500. The summed E-state index contributed by atoms with van der Waals surface area (Å²) in [7, 11) is 0. The number of carbonyl (C=O) groups is 1. The SMILES string of the molecule is O=C1NCC(COc2ccc(CNC3CC3)cc2Br)O1. The molecule has 0 radical (unpaired) electrons. The molecule has 1 unspecified atom stereocenters. The van der Waals surface area contributed by atoms with Crippen LogP contribution in [0.3, 0.4) is 0 Å². The topological polar surface area (TPSA) is 59.6 Å². The van der Waals surface area contributed by atoms with E-state index in [4.69, 9.17) is 9.47 Å². The van der Waals surface area contributed by atoms with Gasteiger partial charge in [-0.3, -0.25) is 0 Å². The maximum absolute atomic E-state index is 10.9. The lowest BCUT2D eigenvalue weighted by molar-refractivity contribution is 0.104. The molecule has 0 spiro atoms. The van der Waals surface area contributed by atoms with Gasteiger partial charge in [-0.2, -0.15) is 0 Å². The van der Waals surface area contributed by atoms with Crippen molar-refractivity contribution in [2.24, 2.45) is 0 Å². The second kappa shape index (κ2) is 6.01. The number of carbonyl (C=O) groups excluding carboxylic acids is 1. The molecule has 5 nitrogen and oxygen atoms in total. The quantitative estimate of drug-likeness (QED) is 0.833. The van der Waals surface area contributed by atoms with E-state index in [1.165, 1.54) is 18.4 Å². The molecule has 2 aliphatic rings. The number of nitrogens with one attached hydrogen (secondary N) is 2. The summed E-state index contributed by atoms with van der Waals surface area (Å²) < 4.78 is 11.6. The van der Waals surface area contributed by atoms with Gasteiger partial charge in [-0.25, -0.2) is 4.79 Å². The molecule has 1 heterocycles. The summed E-state index contributed by atoms with van der Waals surface area (Å²) in [5.74, 6) is 0.767. The largest absolute Gasteiger partial charge is 0.488 e. The van der Waals surface area contributed by atoms with Crippen molar-refractivity contribution in [3.63, 3.8) is 0 Å². The van der Waals surface area contributed by atoms with Gasteiger partial charge in [-0.15, -0.1) is 0 Å².